The smallest absolute Gasteiger partial charge is 0.165 e. The number of hydrogen-bond acceptors (Lipinski definition) is 3. The first kappa shape index (κ1) is 12.9. The van der Waals surface area contributed by atoms with Crippen LogP contribution in [0.5, 0.6) is 5.75 Å². The fourth-order valence-electron chi connectivity index (χ4n) is 1.54. The highest BCUT2D eigenvalue weighted by atomic mass is 19.1. The van der Waals surface area contributed by atoms with Crippen molar-refractivity contribution in [2.24, 2.45) is 5.73 Å². The second kappa shape index (κ2) is 5.27. The van der Waals surface area contributed by atoms with Crippen molar-refractivity contribution in [2.45, 2.75) is 25.4 Å². The predicted octanol–water partition coefficient (Wildman–Crippen LogP) is 1.48. The summed E-state index contributed by atoms with van der Waals surface area (Å²) in [5.41, 5.74) is 5.25. The second-order valence-electron chi connectivity index (χ2n) is 3.93. The van der Waals surface area contributed by atoms with Crippen LogP contribution in [-0.4, -0.2) is 24.4 Å². The van der Waals surface area contributed by atoms with Crippen molar-refractivity contribution in [3.8, 4) is 5.75 Å². The van der Waals surface area contributed by atoms with Crippen molar-refractivity contribution < 1.29 is 14.2 Å². The molecule has 16 heavy (non-hydrogen) atoms. The molecule has 0 spiro atoms. The molecule has 0 fully saturated rings. The van der Waals surface area contributed by atoms with Crippen molar-refractivity contribution in [3.05, 3.63) is 29.6 Å². The highest BCUT2D eigenvalue weighted by molar-refractivity contribution is 5.30. The maximum Gasteiger partial charge on any atom is 0.165 e. The van der Waals surface area contributed by atoms with Crippen molar-refractivity contribution in [2.75, 3.05) is 13.7 Å². The normalized spacial score (nSPS) is 14.6. The maximum absolute atomic E-state index is 13.4. The Hall–Kier alpha value is -1.13. The van der Waals surface area contributed by atoms with Crippen LogP contribution in [0.1, 0.15) is 18.9 Å². The van der Waals surface area contributed by atoms with Crippen LogP contribution >= 0.6 is 0 Å². The lowest BCUT2D eigenvalue weighted by Crippen LogP contribution is -2.39. The van der Waals surface area contributed by atoms with Crippen molar-refractivity contribution in [3.63, 3.8) is 0 Å². The zero-order valence-corrected chi connectivity index (χ0v) is 9.66. The first-order chi connectivity index (χ1) is 7.54. The van der Waals surface area contributed by atoms with Gasteiger partial charge in [0.2, 0.25) is 0 Å². The van der Waals surface area contributed by atoms with Crippen LogP contribution in [0.25, 0.3) is 0 Å². The molecule has 0 aliphatic rings. The average Bonchev–Trinajstić information content (AvgIpc) is 2.29. The first-order valence-corrected chi connectivity index (χ1v) is 5.29. The van der Waals surface area contributed by atoms with Crippen LogP contribution in [0.4, 0.5) is 4.39 Å². The Kier molecular flexibility index (Phi) is 4.26. The highest BCUT2D eigenvalue weighted by Gasteiger charge is 2.23. The minimum Gasteiger partial charge on any atom is -0.494 e. The second-order valence-corrected chi connectivity index (χ2v) is 3.93. The number of methoxy groups -OCH3 is 1. The van der Waals surface area contributed by atoms with E-state index in [-0.39, 0.29) is 12.3 Å². The van der Waals surface area contributed by atoms with Crippen LogP contribution in [0.15, 0.2) is 18.2 Å². The molecule has 1 aromatic carbocycles. The van der Waals surface area contributed by atoms with Gasteiger partial charge in [0.1, 0.15) is 0 Å². The van der Waals surface area contributed by atoms with Gasteiger partial charge in [-0.3, -0.25) is 0 Å². The molecule has 0 aliphatic heterocycles. The number of hydrogen-bond donors (Lipinski definition) is 2. The van der Waals surface area contributed by atoms with E-state index in [0.717, 1.165) is 0 Å². The molecule has 90 valence electrons. The van der Waals surface area contributed by atoms with Gasteiger partial charge in [0, 0.05) is 13.0 Å². The van der Waals surface area contributed by atoms with Gasteiger partial charge < -0.3 is 15.6 Å². The Labute approximate surface area is 95.0 Å². The molecule has 0 aliphatic carbocycles. The molecule has 1 aromatic rings. The summed E-state index contributed by atoms with van der Waals surface area (Å²) in [5.74, 6) is -0.216. The number of benzene rings is 1. The molecule has 4 heteroatoms. The van der Waals surface area contributed by atoms with Crippen LogP contribution in [0.2, 0.25) is 0 Å². The third-order valence-electron chi connectivity index (χ3n) is 2.79. The number of aliphatic hydroxyl groups is 1. The van der Waals surface area contributed by atoms with Crippen molar-refractivity contribution in [1.29, 1.82) is 0 Å². The summed E-state index contributed by atoms with van der Waals surface area (Å²) in [7, 11) is 1.42. The molecule has 0 saturated carbocycles. The summed E-state index contributed by atoms with van der Waals surface area (Å²) in [6, 6.07) is 4.66. The third kappa shape index (κ3) is 2.93. The van der Waals surface area contributed by atoms with Crippen molar-refractivity contribution >= 4 is 0 Å². The lowest BCUT2D eigenvalue weighted by Gasteiger charge is -2.25. The van der Waals surface area contributed by atoms with Gasteiger partial charge in [0.05, 0.1) is 12.7 Å². The largest absolute Gasteiger partial charge is 0.494 e. The van der Waals surface area contributed by atoms with Crippen LogP contribution in [0.3, 0.4) is 0 Å². The quantitative estimate of drug-likeness (QED) is 0.801. The molecule has 1 atom stereocenters. The zero-order valence-electron chi connectivity index (χ0n) is 9.66. The molecule has 1 rings (SSSR count). The Bertz CT molecular complexity index is 351. The van der Waals surface area contributed by atoms with E-state index in [9.17, 15) is 9.50 Å². The van der Waals surface area contributed by atoms with E-state index in [1.165, 1.54) is 13.2 Å². The topological polar surface area (TPSA) is 55.5 Å². The van der Waals surface area contributed by atoms with E-state index < -0.39 is 11.4 Å². The van der Waals surface area contributed by atoms with Gasteiger partial charge >= 0.3 is 0 Å². The van der Waals surface area contributed by atoms with Gasteiger partial charge in [-0.25, -0.2) is 4.39 Å². The standard InChI is InChI=1S/C12H18FNO2/c1-3-12(15,8-14)7-9-4-5-11(16-2)10(13)6-9/h4-6,15H,3,7-8,14H2,1-2H3. The van der Waals surface area contributed by atoms with E-state index in [4.69, 9.17) is 10.5 Å². The average molecular weight is 227 g/mol. The van der Waals surface area contributed by atoms with Gasteiger partial charge in [-0.1, -0.05) is 13.0 Å². The minimum absolute atomic E-state index is 0.164. The van der Waals surface area contributed by atoms with E-state index in [2.05, 4.69) is 0 Å². The number of nitrogens with two attached hydrogens (primary N) is 1. The number of halogens is 1. The maximum atomic E-state index is 13.4. The van der Waals surface area contributed by atoms with Crippen LogP contribution < -0.4 is 10.5 Å². The summed E-state index contributed by atoms with van der Waals surface area (Å²) in [4.78, 5) is 0. The summed E-state index contributed by atoms with van der Waals surface area (Å²) in [6.07, 6.45) is 0.887. The highest BCUT2D eigenvalue weighted by Crippen LogP contribution is 2.22. The Morgan fingerprint density at radius 3 is 2.62 bits per heavy atom. The summed E-state index contributed by atoms with van der Waals surface area (Å²) >= 11 is 0. The van der Waals surface area contributed by atoms with Gasteiger partial charge in [-0.05, 0) is 24.1 Å². The molecule has 3 nitrogen and oxygen atoms in total. The monoisotopic (exact) mass is 227 g/mol. The molecule has 0 bridgehead atoms. The van der Waals surface area contributed by atoms with E-state index in [1.54, 1.807) is 12.1 Å². The fraction of sp³-hybridized carbons (Fsp3) is 0.500. The first-order valence-electron chi connectivity index (χ1n) is 5.29. The SMILES string of the molecule is CCC(O)(CN)Cc1ccc(OC)c(F)c1. The molecule has 0 saturated heterocycles. The summed E-state index contributed by atoms with van der Waals surface area (Å²) in [6.45, 7) is 2.02. The Morgan fingerprint density at radius 1 is 1.50 bits per heavy atom. The summed E-state index contributed by atoms with van der Waals surface area (Å²) < 4.78 is 18.2. The van der Waals surface area contributed by atoms with Crippen molar-refractivity contribution in [1.82, 2.24) is 0 Å². The zero-order chi connectivity index (χ0) is 12.2. The van der Waals surface area contributed by atoms with Gasteiger partial charge in [-0.2, -0.15) is 0 Å². The Balaban J connectivity index is 2.86. The Morgan fingerprint density at radius 2 is 2.19 bits per heavy atom. The fourth-order valence-corrected chi connectivity index (χ4v) is 1.54. The molecule has 3 N–H and O–H groups in total. The molecule has 0 heterocycles. The van der Waals surface area contributed by atoms with E-state index >= 15 is 0 Å². The molecule has 0 aromatic heterocycles. The molecule has 0 amide bonds. The number of rotatable bonds is 5. The predicted molar refractivity (Wildman–Crippen MR) is 61.0 cm³/mol. The molecular formula is C12H18FNO2. The molecule has 0 radical (unpaired) electrons. The van der Waals surface area contributed by atoms with Crippen LogP contribution in [0, 0.1) is 5.82 Å². The van der Waals surface area contributed by atoms with Gasteiger partial charge in [-0.15, -0.1) is 0 Å². The number of ether oxygens (including phenoxy) is 1. The third-order valence-corrected chi connectivity index (χ3v) is 2.79. The molecular weight excluding hydrogens is 209 g/mol. The van der Waals surface area contributed by atoms with Crippen LogP contribution in [-0.2, 0) is 6.42 Å². The van der Waals surface area contributed by atoms with E-state index in [1.807, 2.05) is 6.92 Å². The lowest BCUT2D eigenvalue weighted by molar-refractivity contribution is 0.0455. The lowest BCUT2D eigenvalue weighted by atomic mass is 9.92. The van der Waals surface area contributed by atoms with E-state index in [0.29, 0.717) is 18.4 Å². The van der Waals surface area contributed by atoms with Gasteiger partial charge in [0.25, 0.3) is 0 Å². The minimum atomic E-state index is -0.957. The summed E-state index contributed by atoms with van der Waals surface area (Å²) in [5, 5.41) is 10.0. The molecule has 1 unspecified atom stereocenters. The van der Waals surface area contributed by atoms with Gasteiger partial charge in [0.15, 0.2) is 11.6 Å².